The van der Waals surface area contributed by atoms with Crippen molar-refractivity contribution < 1.29 is 19.1 Å². The van der Waals surface area contributed by atoms with E-state index in [4.69, 9.17) is 9.47 Å². The molecule has 1 spiro atoms. The van der Waals surface area contributed by atoms with Crippen molar-refractivity contribution >= 4 is 12.2 Å². The number of alkyl carbamates (subject to hydrolysis) is 1. The Morgan fingerprint density at radius 2 is 1.86 bits per heavy atom. The van der Waals surface area contributed by atoms with Crippen molar-refractivity contribution in [3.63, 3.8) is 0 Å². The van der Waals surface area contributed by atoms with Gasteiger partial charge >= 0.3 is 12.2 Å². The Morgan fingerprint density at radius 3 is 2.55 bits per heavy atom. The van der Waals surface area contributed by atoms with Crippen LogP contribution in [0, 0.1) is 6.92 Å². The van der Waals surface area contributed by atoms with E-state index in [1.165, 1.54) is 23.8 Å². The molecule has 0 aromatic heterocycles. The molecule has 0 saturated carbocycles. The molecule has 2 aliphatic rings. The summed E-state index contributed by atoms with van der Waals surface area (Å²) in [5, 5.41) is 2.83. The van der Waals surface area contributed by atoms with E-state index in [9.17, 15) is 9.59 Å². The Bertz CT molecular complexity index is 836. The average Bonchev–Trinajstić information content (AvgIpc) is 2.74. The van der Waals surface area contributed by atoms with Crippen LogP contribution in [0.5, 0.6) is 0 Å². The van der Waals surface area contributed by atoms with E-state index >= 15 is 0 Å². The number of benzene rings is 2. The highest BCUT2D eigenvalue weighted by molar-refractivity contribution is 5.70. The highest BCUT2D eigenvalue weighted by atomic mass is 16.6. The lowest BCUT2D eigenvalue weighted by atomic mass is 9.85. The fourth-order valence-electron chi connectivity index (χ4n) is 3.83. The van der Waals surface area contributed by atoms with Crippen LogP contribution in [-0.4, -0.2) is 49.4 Å². The monoisotopic (exact) mass is 396 g/mol. The van der Waals surface area contributed by atoms with Crippen LogP contribution in [0.2, 0.25) is 0 Å². The molecular formula is C23H28N2O4. The fraction of sp³-hybridized carbons (Fsp3) is 0.391. The Labute approximate surface area is 171 Å². The molecule has 6 nitrogen and oxygen atoms in total. The van der Waals surface area contributed by atoms with E-state index in [1.807, 2.05) is 6.07 Å². The standard InChI is InChI=1S/C13H12.C10H16N2O4/c1-11-6-5-9-13(10-11)12-7-3-2-4-8-12;1-15-9(14)12-5-2-3-10(7-12)4-6-16-8(13)11-10/h2-10H,1H3;2-7H2,1H3,(H,11,13)/t;10-/m.1/s1. The summed E-state index contributed by atoms with van der Waals surface area (Å²) in [6.07, 6.45) is 1.77. The predicted octanol–water partition coefficient (Wildman–Crippen LogP) is 4.38. The summed E-state index contributed by atoms with van der Waals surface area (Å²) in [5.74, 6) is 0. The number of hydrogen-bond donors (Lipinski definition) is 1. The number of hydrogen-bond acceptors (Lipinski definition) is 4. The van der Waals surface area contributed by atoms with Gasteiger partial charge in [-0.2, -0.15) is 0 Å². The second-order valence-electron chi connectivity index (χ2n) is 7.52. The molecule has 0 unspecified atom stereocenters. The number of nitrogens with zero attached hydrogens (tertiary/aromatic N) is 1. The molecule has 2 aromatic carbocycles. The molecule has 2 saturated heterocycles. The molecule has 1 N–H and O–H groups in total. The Hall–Kier alpha value is -3.02. The number of carbonyl (C=O) groups excluding carboxylic acids is 2. The number of rotatable bonds is 1. The summed E-state index contributed by atoms with van der Waals surface area (Å²) in [6.45, 7) is 3.73. The van der Waals surface area contributed by atoms with Crippen LogP contribution in [0.15, 0.2) is 54.6 Å². The lowest BCUT2D eigenvalue weighted by Crippen LogP contribution is -2.62. The van der Waals surface area contributed by atoms with Crippen molar-refractivity contribution in [2.75, 3.05) is 26.8 Å². The van der Waals surface area contributed by atoms with Crippen molar-refractivity contribution in [3.05, 3.63) is 60.2 Å². The number of nitrogens with one attached hydrogen (secondary N) is 1. The number of methoxy groups -OCH3 is 1. The molecular weight excluding hydrogens is 368 g/mol. The van der Waals surface area contributed by atoms with Crippen LogP contribution in [0.3, 0.4) is 0 Å². The first-order chi connectivity index (χ1) is 14.0. The molecule has 1 atom stereocenters. The quantitative estimate of drug-likeness (QED) is 0.777. The highest BCUT2D eigenvalue weighted by Gasteiger charge is 2.41. The van der Waals surface area contributed by atoms with E-state index < -0.39 is 6.09 Å². The third-order valence-electron chi connectivity index (χ3n) is 5.32. The maximum absolute atomic E-state index is 11.4. The summed E-state index contributed by atoms with van der Waals surface area (Å²) >= 11 is 0. The first-order valence-corrected chi connectivity index (χ1v) is 9.91. The average molecular weight is 396 g/mol. The lowest BCUT2D eigenvalue weighted by molar-refractivity contribution is 0.0409. The normalized spacial score (nSPS) is 20.8. The van der Waals surface area contributed by atoms with Crippen molar-refractivity contribution in [2.24, 2.45) is 0 Å². The van der Waals surface area contributed by atoms with Crippen LogP contribution < -0.4 is 5.32 Å². The van der Waals surface area contributed by atoms with Gasteiger partial charge in [0.2, 0.25) is 0 Å². The van der Waals surface area contributed by atoms with Crippen LogP contribution in [-0.2, 0) is 9.47 Å². The smallest absolute Gasteiger partial charge is 0.409 e. The van der Waals surface area contributed by atoms with Gasteiger partial charge in [-0.1, -0.05) is 60.2 Å². The number of carbonyl (C=O) groups is 2. The predicted molar refractivity (Wildman–Crippen MR) is 112 cm³/mol. The molecule has 2 aliphatic heterocycles. The van der Waals surface area contributed by atoms with E-state index in [1.54, 1.807) is 4.90 Å². The Balaban J connectivity index is 0.000000169. The number of ether oxygens (including phenoxy) is 2. The van der Waals surface area contributed by atoms with Crippen LogP contribution >= 0.6 is 0 Å². The summed E-state index contributed by atoms with van der Waals surface area (Å²) in [6, 6.07) is 19.0. The number of amides is 2. The van der Waals surface area contributed by atoms with Gasteiger partial charge in [-0.3, -0.25) is 0 Å². The third-order valence-corrected chi connectivity index (χ3v) is 5.32. The molecule has 0 aliphatic carbocycles. The first kappa shape index (κ1) is 20.7. The molecule has 0 radical (unpaired) electrons. The van der Waals surface area contributed by atoms with E-state index in [0.717, 1.165) is 19.3 Å². The third kappa shape index (κ3) is 5.50. The largest absolute Gasteiger partial charge is 0.453 e. The minimum Gasteiger partial charge on any atom is -0.453 e. The van der Waals surface area contributed by atoms with Gasteiger partial charge in [0.05, 0.1) is 19.3 Å². The highest BCUT2D eigenvalue weighted by Crippen LogP contribution is 2.27. The summed E-state index contributed by atoms with van der Waals surface area (Å²) in [4.78, 5) is 24.3. The van der Waals surface area contributed by atoms with Gasteiger partial charge in [0.1, 0.15) is 0 Å². The molecule has 2 fully saturated rings. The van der Waals surface area contributed by atoms with Gasteiger partial charge in [-0.15, -0.1) is 0 Å². The molecule has 154 valence electrons. The topological polar surface area (TPSA) is 67.9 Å². The van der Waals surface area contributed by atoms with Crippen LogP contribution in [0.25, 0.3) is 11.1 Å². The maximum Gasteiger partial charge on any atom is 0.409 e. The van der Waals surface area contributed by atoms with Crippen LogP contribution in [0.1, 0.15) is 24.8 Å². The lowest BCUT2D eigenvalue weighted by Gasteiger charge is -2.44. The zero-order valence-corrected chi connectivity index (χ0v) is 17.0. The van der Waals surface area contributed by atoms with Gasteiger partial charge in [0.15, 0.2) is 0 Å². The molecule has 29 heavy (non-hydrogen) atoms. The SMILES string of the molecule is COC(=O)N1CCC[C@@]2(CCOC(=O)N2)C1.Cc1cccc(-c2ccccc2)c1. The molecule has 6 heteroatoms. The van der Waals surface area contributed by atoms with Crippen molar-refractivity contribution in [2.45, 2.75) is 31.7 Å². The van der Waals surface area contributed by atoms with Gasteiger partial charge in [0, 0.05) is 19.5 Å². The molecule has 2 amide bonds. The van der Waals surface area contributed by atoms with Gasteiger partial charge < -0.3 is 19.7 Å². The van der Waals surface area contributed by atoms with Crippen molar-refractivity contribution in [1.29, 1.82) is 0 Å². The van der Waals surface area contributed by atoms with E-state index in [2.05, 4.69) is 60.8 Å². The van der Waals surface area contributed by atoms with Gasteiger partial charge in [-0.05, 0) is 30.9 Å². The number of piperidine rings is 1. The fourth-order valence-corrected chi connectivity index (χ4v) is 3.83. The zero-order valence-electron chi connectivity index (χ0n) is 17.0. The van der Waals surface area contributed by atoms with Gasteiger partial charge in [-0.25, -0.2) is 9.59 Å². The first-order valence-electron chi connectivity index (χ1n) is 9.91. The summed E-state index contributed by atoms with van der Waals surface area (Å²) < 4.78 is 9.54. The Morgan fingerprint density at radius 1 is 1.10 bits per heavy atom. The molecule has 2 aromatic rings. The van der Waals surface area contributed by atoms with E-state index in [-0.39, 0.29) is 11.6 Å². The molecule has 0 bridgehead atoms. The van der Waals surface area contributed by atoms with E-state index in [0.29, 0.717) is 19.7 Å². The van der Waals surface area contributed by atoms with Crippen molar-refractivity contribution in [3.8, 4) is 11.1 Å². The number of cyclic esters (lactones) is 1. The second-order valence-corrected chi connectivity index (χ2v) is 7.52. The second kappa shape index (κ2) is 9.45. The van der Waals surface area contributed by atoms with Crippen LogP contribution in [0.4, 0.5) is 9.59 Å². The zero-order chi connectivity index (χ0) is 20.7. The maximum atomic E-state index is 11.4. The number of likely N-dealkylation sites (tertiary alicyclic amines) is 1. The minimum atomic E-state index is -0.391. The number of aryl methyl sites for hydroxylation is 1. The van der Waals surface area contributed by atoms with Gasteiger partial charge in [0.25, 0.3) is 0 Å². The summed E-state index contributed by atoms with van der Waals surface area (Å²) in [7, 11) is 1.37. The Kier molecular flexibility index (Phi) is 6.75. The molecule has 2 heterocycles. The van der Waals surface area contributed by atoms with Crippen molar-refractivity contribution in [1.82, 2.24) is 10.2 Å². The minimum absolute atomic E-state index is 0.318. The summed E-state index contributed by atoms with van der Waals surface area (Å²) in [5.41, 5.74) is 3.56. The molecule has 4 rings (SSSR count).